The van der Waals surface area contributed by atoms with E-state index in [1.807, 2.05) is 23.1 Å². The molecule has 0 saturated heterocycles. The van der Waals surface area contributed by atoms with Crippen LogP contribution in [0.5, 0.6) is 0 Å². The monoisotopic (exact) mass is 280 g/mol. The molecule has 5 heteroatoms. The zero-order valence-electron chi connectivity index (χ0n) is 9.23. The molecule has 2 heterocycles. The quantitative estimate of drug-likeness (QED) is 0.843. The Labute approximate surface area is 104 Å². The van der Waals surface area contributed by atoms with Gasteiger partial charge in [0.15, 0.2) is 0 Å². The van der Waals surface area contributed by atoms with Gasteiger partial charge in [-0.15, -0.1) is 0 Å². The molecule has 0 fully saturated rings. The van der Waals surface area contributed by atoms with Crippen molar-refractivity contribution in [3.05, 3.63) is 34.6 Å². The highest BCUT2D eigenvalue weighted by molar-refractivity contribution is 9.10. The molecular weight excluding hydrogens is 267 g/mol. The van der Waals surface area contributed by atoms with Crippen molar-refractivity contribution in [2.45, 2.75) is 13.2 Å². The molecule has 1 aliphatic rings. The average Bonchev–Trinajstić information content (AvgIpc) is 2.30. The zero-order chi connectivity index (χ0) is 11.5. The topological polar surface area (TPSA) is 36.4 Å². The second-order valence-electron chi connectivity index (χ2n) is 3.97. The number of nitrogens with zero attached hydrogens (tertiary/aromatic N) is 2. The highest BCUT2D eigenvalue weighted by Gasteiger charge is 2.19. The summed E-state index contributed by atoms with van der Waals surface area (Å²) < 4.78 is 0.998. The summed E-state index contributed by atoms with van der Waals surface area (Å²) in [7, 11) is -0.365. The van der Waals surface area contributed by atoms with Gasteiger partial charge in [0.25, 0.3) is 0 Å². The van der Waals surface area contributed by atoms with Crippen LogP contribution in [0.4, 0.5) is 0 Å². The molecule has 1 aromatic heterocycles. The Morgan fingerprint density at radius 2 is 2.31 bits per heavy atom. The van der Waals surface area contributed by atoms with Crippen LogP contribution in [0.1, 0.15) is 12.1 Å². The number of rotatable bonds is 2. The highest BCUT2D eigenvalue weighted by Crippen LogP contribution is 2.21. The number of hydrogen-bond acceptors (Lipinski definition) is 3. The van der Waals surface area contributed by atoms with Gasteiger partial charge in [-0.3, -0.25) is 4.98 Å². The summed E-state index contributed by atoms with van der Waals surface area (Å²) in [5, 5.41) is 9.45. The minimum Gasteiger partial charge on any atom is -0.437 e. The first-order valence-corrected chi connectivity index (χ1v) is 6.19. The van der Waals surface area contributed by atoms with Gasteiger partial charge in [-0.2, -0.15) is 0 Å². The molecule has 1 aromatic rings. The van der Waals surface area contributed by atoms with Gasteiger partial charge in [0.05, 0.1) is 5.69 Å². The van der Waals surface area contributed by atoms with Gasteiger partial charge in [0.2, 0.25) is 0 Å². The van der Waals surface area contributed by atoms with Gasteiger partial charge >= 0.3 is 7.05 Å². The maximum absolute atomic E-state index is 9.45. The molecule has 0 bridgehead atoms. The van der Waals surface area contributed by atoms with E-state index in [4.69, 9.17) is 0 Å². The Morgan fingerprint density at radius 1 is 1.50 bits per heavy atom. The molecule has 0 aromatic carbocycles. The van der Waals surface area contributed by atoms with Crippen LogP contribution in [0.25, 0.3) is 5.57 Å². The van der Waals surface area contributed by atoms with Gasteiger partial charge < -0.3 is 9.83 Å². The molecule has 0 amide bonds. The lowest BCUT2D eigenvalue weighted by Gasteiger charge is -2.26. The maximum atomic E-state index is 9.45. The van der Waals surface area contributed by atoms with Crippen molar-refractivity contribution >= 4 is 28.6 Å². The van der Waals surface area contributed by atoms with E-state index in [0.717, 1.165) is 29.7 Å². The van der Waals surface area contributed by atoms with Crippen LogP contribution in [0, 0.1) is 0 Å². The van der Waals surface area contributed by atoms with Gasteiger partial charge in [-0.05, 0) is 53.4 Å². The third-order valence-corrected chi connectivity index (χ3v) is 3.29. The first kappa shape index (κ1) is 11.8. The van der Waals surface area contributed by atoms with Gasteiger partial charge in [-0.25, -0.2) is 0 Å². The molecular formula is C11H14BBrN2O. The molecule has 1 N–H and O–H groups in total. The molecule has 0 spiro atoms. The highest BCUT2D eigenvalue weighted by atomic mass is 79.9. The Kier molecular flexibility index (Phi) is 3.79. The van der Waals surface area contributed by atoms with Crippen LogP contribution in [0.3, 0.4) is 0 Å². The average molecular weight is 281 g/mol. The predicted molar refractivity (Wildman–Crippen MR) is 69.9 cm³/mol. The molecule has 0 saturated carbocycles. The van der Waals surface area contributed by atoms with E-state index in [-0.39, 0.29) is 7.05 Å². The lowest BCUT2D eigenvalue weighted by atomic mass is 9.83. The lowest BCUT2D eigenvalue weighted by Crippen LogP contribution is -2.39. The van der Waals surface area contributed by atoms with Crippen LogP contribution in [0.2, 0.25) is 6.82 Å². The normalized spacial score (nSPS) is 17.1. The summed E-state index contributed by atoms with van der Waals surface area (Å²) in [5.74, 6) is 0. The summed E-state index contributed by atoms with van der Waals surface area (Å²) >= 11 is 3.37. The van der Waals surface area contributed by atoms with Crippen molar-refractivity contribution in [2.75, 3.05) is 13.1 Å². The van der Waals surface area contributed by atoms with E-state index in [0.29, 0.717) is 0 Å². The smallest absolute Gasteiger partial charge is 0.376 e. The Bertz CT molecular complexity index is 391. The number of halogens is 1. The molecule has 3 nitrogen and oxygen atoms in total. The third-order valence-electron chi connectivity index (χ3n) is 2.83. The van der Waals surface area contributed by atoms with Crippen molar-refractivity contribution in [1.82, 2.24) is 9.79 Å². The van der Waals surface area contributed by atoms with Crippen LogP contribution < -0.4 is 0 Å². The summed E-state index contributed by atoms with van der Waals surface area (Å²) in [6.45, 7) is 3.49. The second kappa shape index (κ2) is 5.12. The van der Waals surface area contributed by atoms with E-state index >= 15 is 0 Å². The van der Waals surface area contributed by atoms with E-state index in [1.165, 1.54) is 5.57 Å². The third kappa shape index (κ3) is 2.72. The minimum absolute atomic E-state index is 0.365. The van der Waals surface area contributed by atoms with Crippen LogP contribution in [0.15, 0.2) is 28.9 Å². The van der Waals surface area contributed by atoms with Crippen molar-refractivity contribution in [2.24, 2.45) is 0 Å². The second-order valence-corrected chi connectivity index (χ2v) is 4.88. The van der Waals surface area contributed by atoms with Crippen molar-refractivity contribution in [1.29, 1.82) is 0 Å². The standard InChI is InChI=1S/C11H14BBrN2O/c1-12(16)15-6-4-9(5-7-15)11-3-2-10(13)8-14-11/h2-4,8,16H,5-7H2,1H3. The number of hydrogen-bond donors (Lipinski definition) is 1. The van der Waals surface area contributed by atoms with Crippen LogP contribution >= 0.6 is 15.9 Å². The van der Waals surface area contributed by atoms with Crippen molar-refractivity contribution in [3.63, 3.8) is 0 Å². The van der Waals surface area contributed by atoms with E-state index in [2.05, 4.69) is 27.0 Å². The summed E-state index contributed by atoms with van der Waals surface area (Å²) in [5.41, 5.74) is 2.30. The van der Waals surface area contributed by atoms with Crippen molar-refractivity contribution in [3.8, 4) is 0 Å². The Hall–Kier alpha value is -0.645. The predicted octanol–water partition coefficient (Wildman–Crippen LogP) is 2.04. The molecule has 1 aliphatic heterocycles. The number of pyridine rings is 1. The maximum Gasteiger partial charge on any atom is 0.376 e. The molecule has 0 aliphatic carbocycles. The van der Waals surface area contributed by atoms with Gasteiger partial charge in [0.1, 0.15) is 0 Å². The fourth-order valence-electron chi connectivity index (χ4n) is 1.82. The molecule has 16 heavy (non-hydrogen) atoms. The summed E-state index contributed by atoms with van der Waals surface area (Å²) in [4.78, 5) is 6.41. The van der Waals surface area contributed by atoms with E-state index in [1.54, 1.807) is 6.82 Å². The van der Waals surface area contributed by atoms with Gasteiger partial charge in [0, 0.05) is 17.2 Å². The lowest BCUT2D eigenvalue weighted by molar-refractivity contribution is 0.392. The molecule has 0 radical (unpaired) electrons. The first-order chi connectivity index (χ1) is 7.66. The zero-order valence-corrected chi connectivity index (χ0v) is 10.8. The minimum atomic E-state index is -0.365. The fraction of sp³-hybridized carbons (Fsp3) is 0.364. The van der Waals surface area contributed by atoms with E-state index < -0.39 is 0 Å². The summed E-state index contributed by atoms with van der Waals surface area (Å²) in [6.07, 6.45) is 4.91. The molecule has 0 unspecified atom stereocenters. The number of aromatic nitrogens is 1. The molecule has 0 atom stereocenters. The van der Waals surface area contributed by atoms with Crippen LogP contribution in [-0.4, -0.2) is 35.0 Å². The fourth-order valence-corrected chi connectivity index (χ4v) is 2.06. The largest absolute Gasteiger partial charge is 0.437 e. The Morgan fingerprint density at radius 3 is 2.81 bits per heavy atom. The van der Waals surface area contributed by atoms with Crippen LogP contribution in [-0.2, 0) is 0 Å². The van der Waals surface area contributed by atoms with E-state index in [9.17, 15) is 5.02 Å². The first-order valence-electron chi connectivity index (χ1n) is 5.40. The molecule has 84 valence electrons. The summed E-state index contributed by atoms with van der Waals surface area (Å²) in [6, 6.07) is 4.03. The van der Waals surface area contributed by atoms with Crippen molar-refractivity contribution < 1.29 is 5.02 Å². The Balaban J connectivity index is 2.10. The SMILES string of the molecule is CB(O)N1CC=C(c2ccc(Br)cn2)CC1. The van der Waals surface area contributed by atoms with Gasteiger partial charge in [-0.1, -0.05) is 6.08 Å². The molecule has 2 rings (SSSR count).